The van der Waals surface area contributed by atoms with Crippen molar-refractivity contribution in [2.75, 3.05) is 12.4 Å². The molecule has 6 heteroatoms. The van der Waals surface area contributed by atoms with Gasteiger partial charge in [-0.15, -0.1) is 0 Å². The molecule has 0 unspecified atom stereocenters. The number of benzene rings is 2. The van der Waals surface area contributed by atoms with Crippen LogP contribution in [0.4, 0.5) is 11.1 Å². The van der Waals surface area contributed by atoms with Crippen molar-refractivity contribution in [2.45, 2.75) is 6.92 Å². The van der Waals surface area contributed by atoms with Crippen LogP contribution in [-0.4, -0.2) is 17.1 Å². The van der Waals surface area contributed by atoms with Gasteiger partial charge in [0.2, 0.25) is 0 Å². The van der Waals surface area contributed by atoms with E-state index in [9.17, 15) is 0 Å². The summed E-state index contributed by atoms with van der Waals surface area (Å²) < 4.78 is 12.0. The minimum absolute atomic E-state index is 0.451. The molecule has 0 radical (unpaired) electrons. The highest BCUT2D eigenvalue weighted by molar-refractivity contribution is 7.22. The summed E-state index contributed by atoms with van der Waals surface area (Å²) >= 11 is 1.53. The first-order valence-corrected chi connectivity index (χ1v) is 7.62. The standard InChI is InChI=1S/C16H13N3O2S/c1-9-3-6-13-12(7-9)17-15(21-13)19-16-18-11-5-4-10(20-2)8-14(11)22-16/h3-8H,1-2H3,(H,17,18,19). The van der Waals surface area contributed by atoms with Crippen LogP contribution in [0.3, 0.4) is 0 Å². The molecule has 0 bridgehead atoms. The van der Waals surface area contributed by atoms with E-state index >= 15 is 0 Å². The summed E-state index contributed by atoms with van der Waals surface area (Å²) in [6.07, 6.45) is 0. The maximum absolute atomic E-state index is 5.69. The molecule has 22 heavy (non-hydrogen) atoms. The number of hydrogen-bond acceptors (Lipinski definition) is 6. The molecule has 0 fully saturated rings. The van der Waals surface area contributed by atoms with Gasteiger partial charge in [-0.2, -0.15) is 4.98 Å². The molecule has 0 saturated carbocycles. The molecule has 0 atom stereocenters. The third-order valence-electron chi connectivity index (χ3n) is 3.35. The fraction of sp³-hybridized carbons (Fsp3) is 0.125. The number of anilines is 2. The molecule has 0 aliphatic rings. The summed E-state index contributed by atoms with van der Waals surface area (Å²) in [5, 5.41) is 3.87. The largest absolute Gasteiger partial charge is 0.497 e. The first-order chi connectivity index (χ1) is 10.7. The Kier molecular flexibility index (Phi) is 2.97. The molecular formula is C16H13N3O2S. The number of rotatable bonds is 3. The Morgan fingerprint density at radius 3 is 2.86 bits per heavy atom. The van der Waals surface area contributed by atoms with Gasteiger partial charge in [-0.3, -0.25) is 5.32 Å². The molecule has 5 nitrogen and oxygen atoms in total. The van der Waals surface area contributed by atoms with Crippen LogP contribution < -0.4 is 10.1 Å². The number of methoxy groups -OCH3 is 1. The monoisotopic (exact) mass is 311 g/mol. The van der Waals surface area contributed by atoms with Gasteiger partial charge in [0.25, 0.3) is 0 Å². The van der Waals surface area contributed by atoms with Crippen LogP contribution in [0.25, 0.3) is 21.3 Å². The van der Waals surface area contributed by atoms with Crippen LogP contribution in [0.5, 0.6) is 5.75 Å². The lowest BCUT2D eigenvalue weighted by molar-refractivity contribution is 0.415. The van der Waals surface area contributed by atoms with E-state index in [0.29, 0.717) is 6.01 Å². The van der Waals surface area contributed by atoms with Gasteiger partial charge in [0.1, 0.15) is 11.3 Å². The summed E-state index contributed by atoms with van der Waals surface area (Å²) in [6.45, 7) is 2.03. The highest BCUT2D eigenvalue weighted by Gasteiger charge is 2.10. The number of fused-ring (bicyclic) bond motifs is 2. The van der Waals surface area contributed by atoms with E-state index in [1.165, 1.54) is 11.3 Å². The van der Waals surface area contributed by atoms with E-state index in [1.807, 2.05) is 43.3 Å². The fourth-order valence-corrected chi connectivity index (χ4v) is 3.15. The van der Waals surface area contributed by atoms with Crippen LogP contribution in [-0.2, 0) is 0 Å². The molecule has 2 heterocycles. The van der Waals surface area contributed by atoms with E-state index in [-0.39, 0.29) is 0 Å². The van der Waals surface area contributed by atoms with Crippen molar-refractivity contribution in [2.24, 2.45) is 0 Å². The van der Waals surface area contributed by atoms with Crippen molar-refractivity contribution in [3.05, 3.63) is 42.0 Å². The minimum atomic E-state index is 0.451. The van der Waals surface area contributed by atoms with E-state index < -0.39 is 0 Å². The SMILES string of the molecule is COc1ccc2nc(Nc3nc4cc(C)ccc4o3)sc2c1. The summed E-state index contributed by atoms with van der Waals surface area (Å²) in [7, 11) is 1.65. The molecule has 0 saturated heterocycles. The van der Waals surface area contributed by atoms with Gasteiger partial charge in [-0.1, -0.05) is 17.4 Å². The van der Waals surface area contributed by atoms with E-state index in [4.69, 9.17) is 9.15 Å². The maximum Gasteiger partial charge on any atom is 0.302 e. The van der Waals surface area contributed by atoms with Gasteiger partial charge in [0.05, 0.1) is 17.3 Å². The number of aromatic nitrogens is 2. The maximum atomic E-state index is 5.69. The predicted octanol–water partition coefficient (Wildman–Crippen LogP) is 4.50. The topological polar surface area (TPSA) is 60.2 Å². The summed E-state index contributed by atoms with van der Waals surface area (Å²) in [5.41, 5.74) is 3.67. The molecule has 0 aliphatic heterocycles. The molecule has 2 aromatic heterocycles. The van der Waals surface area contributed by atoms with Crippen molar-refractivity contribution in [3.63, 3.8) is 0 Å². The van der Waals surface area contributed by atoms with Gasteiger partial charge in [0.15, 0.2) is 10.7 Å². The Bertz CT molecular complexity index is 974. The third-order valence-corrected chi connectivity index (χ3v) is 4.29. The lowest BCUT2D eigenvalue weighted by Gasteiger charge is -1.96. The normalized spacial score (nSPS) is 11.2. The Morgan fingerprint density at radius 1 is 1.09 bits per heavy atom. The molecule has 1 N–H and O–H groups in total. The highest BCUT2D eigenvalue weighted by Crippen LogP contribution is 2.31. The Labute approximate surface area is 130 Å². The van der Waals surface area contributed by atoms with Gasteiger partial charge in [-0.25, -0.2) is 4.98 Å². The Balaban J connectivity index is 1.69. The molecular weight excluding hydrogens is 298 g/mol. The number of nitrogens with zero attached hydrogens (tertiary/aromatic N) is 2. The lowest BCUT2D eigenvalue weighted by atomic mass is 10.2. The van der Waals surface area contributed by atoms with Crippen LogP contribution >= 0.6 is 11.3 Å². The van der Waals surface area contributed by atoms with Gasteiger partial charge < -0.3 is 9.15 Å². The number of thiazole rings is 1. The number of hydrogen-bond donors (Lipinski definition) is 1. The van der Waals surface area contributed by atoms with Crippen molar-refractivity contribution in [1.29, 1.82) is 0 Å². The molecule has 0 amide bonds. The zero-order valence-corrected chi connectivity index (χ0v) is 12.9. The average molecular weight is 311 g/mol. The second-order valence-electron chi connectivity index (χ2n) is 4.97. The van der Waals surface area contributed by atoms with E-state index in [0.717, 1.165) is 37.8 Å². The molecule has 4 rings (SSSR count). The quantitative estimate of drug-likeness (QED) is 0.603. The van der Waals surface area contributed by atoms with Crippen LogP contribution in [0.1, 0.15) is 5.56 Å². The smallest absolute Gasteiger partial charge is 0.302 e. The predicted molar refractivity (Wildman–Crippen MR) is 88.2 cm³/mol. The average Bonchev–Trinajstić information content (AvgIpc) is 3.08. The molecule has 110 valence electrons. The number of aryl methyl sites for hydroxylation is 1. The Morgan fingerprint density at radius 2 is 2.00 bits per heavy atom. The first-order valence-electron chi connectivity index (χ1n) is 6.80. The number of oxazole rings is 1. The van der Waals surface area contributed by atoms with Crippen molar-refractivity contribution in [1.82, 2.24) is 9.97 Å². The summed E-state index contributed by atoms with van der Waals surface area (Å²) in [5.74, 6) is 0.819. The lowest BCUT2D eigenvalue weighted by Crippen LogP contribution is -1.88. The second-order valence-corrected chi connectivity index (χ2v) is 6.00. The molecule has 0 spiro atoms. The van der Waals surface area contributed by atoms with E-state index in [2.05, 4.69) is 15.3 Å². The van der Waals surface area contributed by atoms with Crippen molar-refractivity contribution >= 4 is 43.8 Å². The minimum Gasteiger partial charge on any atom is -0.497 e. The molecule has 2 aromatic carbocycles. The van der Waals surface area contributed by atoms with Crippen molar-refractivity contribution < 1.29 is 9.15 Å². The van der Waals surface area contributed by atoms with Crippen LogP contribution in [0.15, 0.2) is 40.8 Å². The Hall–Kier alpha value is -2.60. The van der Waals surface area contributed by atoms with Crippen LogP contribution in [0.2, 0.25) is 0 Å². The third kappa shape index (κ3) is 2.27. The summed E-state index contributed by atoms with van der Waals surface area (Å²) in [4.78, 5) is 8.96. The van der Waals surface area contributed by atoms with Gasteiger partial charge >= 0.3 is 6.01 Å². The van der Waals surface area contributed by atoms with Gasteiger partial charge in [-0.05, 0) is 42.8 Å². The van der Waals surface area contributed by atoms with E-state index in [1.54, 1.807) is 7.11 Å². The molecule has 0 aliphatic carbocycles. The van der Waals surface area contributed by atoms with Gasteiger partial charge in [0, 0.05) is 0 Å². The molecule has 4 aromatic rings. The zero-order chi connectivity index (χ0) is 15.1. The second kappa shape index (κ2) is 4.99. The highest BCUT2D eigenvalue weighted by atomic mass is 32.1. The van der Waals surface area contributed by atoms with Crippen molar-refractivity contribution in [3.8, 4) is 5.75 Å². The van der Waals surface area contributed by atoms with Crippen LogP contribution in [0, 0.1) is 6.92 Å². The fourth-order valence-electron chi connectivity index (χ4n) is 2.27. The summed E-state index contributed by atoms with van der Waals surface area (Å²) in [6, 6.07) is 12.2. The first kappa shape index (κ1) is 13.1. The number of ether oxygens (including phenoxy) is 1. The number of nitrogens with one attached hydrogen (secondary N) is 1. The zero-order valence-electron chi connectivity index (χ0n) is 12.1.